The summed E-state index contributed by atoms with van der Waals surface area (Å²) in [5.41, 5.74) is 5.44. The highest BCUT2D eigenvalue weighted by Gasteiger charge is 1.93. The molecule has 1 heterocycles. The number of nitrogen functional groups attached to an aromatic ring is 1. The molecule has 48 valence electrons. The highest BCUT2D eigenvalue weighted by atomic mass is 127. The predicted molar refractivity (Wildman–Crippen MR) is 48.6 cm³/mol. The number of rotatable bonds is 0. The molecule has 2 nitrogen and oxygen atoms in total. The Kier molecular flexibility index (Phi) is 2.18. The number of nitrogens with two attached hydrogens (primary N) is 1. The van der Waals surface area contributed by atoms with Crippen molar-refractivity contribution >= 4 is 41.0 Å². The van der Waals surface area contributed by atoms with Gasteiger partial charge in [-0.1, -0.05) is 0 Å². The van der Waals surface area contributed by atoms with Crippen LogP contribution >= 0.6 is 35.2 Å². The first kappa shape index (κ1) is 7.14. The van der Waals surface area contributed by atoms with E-state index < -0.39 is 0 Å². The average Bonchev–Trinajstić information content (AvgIpc) is 1.80. The summed E-state index contributed by atoms with van der Waals surface area (Å²) in [5.74, 6) is 0.563. The van der Waals surface area contributed by atoms with Crippen LogP contribution in [-0.2, 0) is 0 Å². The lowest BCUT2D eigenvalue weighted by Crippen LogP contribution is -1.92. The lowest BCUT2D eigenvalue weighted by molar-refractivity contribution is 1.23. The van der Waals surface area contributed by atoms with Gasteiger partial charge in [0.15, 0.2) is 0 Å². The van der Waals surface area contributed by atoms with E-state index in [-0.39, 0.29) is 0 Å². The third kappa shape index (κ3) is 1.72. The minimum absolute atomic E-state index is 0.563. The zero-order valence-electron chi connectivity index (χ0n) is 4.50. The molecule has 2 N–H and O–H groups in total. The van der Waals surface area contributed by atoms with Gasteiger partial charge in [0.2, 0.25) is 0 Å². The van der Waals surface area contributed by atoms with Crippen LogP contribution in [0.2, 0.25) is 0 Å². The molecule has 0 radical (unpaired) electrons. The number of aromatic nitrogens is 1. The van der Waals surface area contributed by atoms with Crippen LogP contribution in [0.5, 0.6) is 0 Å². The van der Waals surface area contributed by atoms with Gasteiger partial charge in [0, 0.05) is 11.1 Å². The minimum atomic E-state index is 0.563. The van der Waals surface area contributed by atoms with Crippen LogP contribution in [0.3, 0.4) is 0 Å². The monoisotopic (exact) mass is 252 g/mol. The number of nitrogens with zero attached hydrogens (tertiary/aromatic N) is 1. The van der Waals surface area contributed by atoms with Crippen LogP contribution < -0.4 is 5.73 Å². The van der Waals surface area contributed by atoms with Gasteiger partial charge < -0.3 is 5.73 Å². The Labute approximate surface area is 72.4 Å². The van der Waals surface area contributed by atoms with E-state index in [0.717, 1.165) is 8.47 Å². The normalized spacial score (nSPS) is 9.56. The van der Waals surface area contributed by atoms with Crippen molar-refractivity contribution in [2.24, 2.45) is 0 Å². The van der Waals surface area contributed by atoms with Crippen LogP contribution in [-0.4, -0.2) is 4.98 Å². The minimum Gasteiger partial charge on any atom is -0.383 e. The number of halogens is 1. The topological polar surface area (TPSA) is 38.9 Å². The van der Waals surface area contributed by atoms with E-state index in [9.17, 15) is 0 Å². The van der Waals surface area contributed by atoms with E-state index in [1.54, 1.807) is 6.20 Å². The Morgan fingerprint density at radius 3 is 2.78 bits per heavy atom. The van der Waals surface area contributed by atoms with Gasteiger partial charge >= 0.3 is 0 Å². The van der Waals surface area contributed by atoms with Gasteiger partial charge in [-0.25, -0.2) is 4.98 Å². The van der Waals surface area contributed by atoms with Gasteiger partial charge in [-0.15, -0.1) is 12.6 Å². The molecule has 4 heteroatoms. The molecule has 0 aliphatic heterocycles. The molecule has 0 atom stereocenters. The molecular weight excluding hydrogens is 247 g/mol. The van der Waals surface area contributed by atoms with Gasteiger partial charge in [-0.3, -0.25) is 0 Å². The zero-order chi connectivity index (χ0) is 6.85. The summed E-state index contributed by atoms with van der Waals surface area (Å²) in [6, 6.07) is 1.87. The maximum Gasteiger partial charge on any atom is 0.136 e. The van der Waals surface area contributed by atoms with E-state index in [1.807, 2.05) is 6.07 Å². The van der Waals surface area contributed by atoms with E-state index in [1.165, 1.54) is 0 Å². The van der Waals surface area contributed by atoms with E-state index in [4.69, 9.17) is 5.73 Å². The van der Waals surface area contributed by atoms with Gasteiger partial charge in [0.1, 0.15) is 5.82 Å². The summed E-state index contributed by atoms with van der Waals surface area (Å²) >= 11 is 6.19. The zero-order valence-corrected chi connectivity index (χ0v) is 7.56. The molecule has 0 aromatic carbocycles. The Morgan fingerprint density at radius 2 is 2.33 bits per heavy atom. The average molecular weight is 252 g/mol. The first-order valence-corrected chi connectivity index (χ1v) is 3.83. The van der Waals surface area contributed by atoms with Crippen molar-refractivity contribution in [3.8, 4) is 0 Å². The highest BCUT2D eigenvalue weighted by Crippen LogP contribution is 2.14. The van der Waals surface area contributed by atoms with Gasteiger partial charge in [0.05, 0.1) is 3.57 Å². The molecule has 1 aromatic rings. The molecule has 9 heavy (non-hydrogen) atoms. The fourth-order valence-electron chi connectivity index (χ4n) is 0.438. The lowest BCUT2D eigenvalue weighted by Gasteiger charge is -1.95. The molecule has 1 rings (SSSR count). The number of hydrogen-bond donors (Lipinski definition) is 2. The first-order chi connectivity index (χ1) is 4.20. The molecule has 0 aliphatic carbocycles. The van der Waals surface area contributed by atoms with Crippen LogP contribution in [0.15, 0.2) is 17.2 Å². The summed E-state index contributed by atoms with van der Waals surface area (Å²) in [7, 11) is 0. The molecule has 1 aromatic heterocycles. The van der Waals surface area contributed by atoms with Crippen LogP contribution in [0.1, 0.15) is 0 Å². The highest BCUT2D eigenvalue weighted by molar-refractivity contribution is 14.1. The van der Waals surface area contributed by atoms with Crippen molar-refractivity contribution in [2.45, 2.75) is 4.90 Å². The third-order valence-corrected chi connectivity index (χ3v) is 1.96. The lowest BCUT2D eigenvalue weighted by atomic mass is 10.5. The summed E-state index contributed by atoms with van der Waals surface area (Å²) in [6.45, 7) is 0. The second-order valence-corrected chi connectivity index (χ2v) is 3.24. The quantitative estimate of drug-likeness (QED) is 0.543. The Balaban J connectivity index is 3.17. The van der Waals surface area contributed by atoms with Gasteiger partial charge in [-0.05, 0) is 28.7 Å². The number of anilines is 1. The van der Waals surface area contributed by atoms with Crippen LogP contribution in [0.4, 0.5) is 5.82 Å². The molecule has 0 amide bonds. The maximum absolute atomic E-state index is 5.44. The first-order valence-electron chi connectivity index (χ1n) is 2.30. The molecule has 0 unspecified atom stereocenters. The maximum atomic E-state index is 5.44. The van der Waals surface area contributed by atoms with Crippen molar-refractivity contribution in [3.63, 3.8) is 0 Å². The molecule has 0 saturated heterocycles. The second kappa shape index (κ2) is 2.74. The smallest absolute Gasteiger partial charge is 0.136 e. The standard InChI is InChI=1S/C5H5IN2S/c6-4-1-3(9)2-8-5(4)7/h1-2,9H,(H2,7,8). The largest absolute Gasteiger partial charge is 0.383 e. The summed E-state index contributed by atoms with van der Waals surface area (Å²) in [5, 5.41) is 0. The Hall–Kier alpha value is 0.0300. The predicted octanol–water partition coefficient (Wildman–Crippen LogP) is 1.56. The molecule has 0 fully saturated rings. The van der Waals surface area contributed by atoms with Crippen molar-refractivity contribution < 1.29 is 0 Å². The molecule has 0 saturated carbocycles. The van der Waals surface area contributed by atoms with E-state index >= 15 is 0 Å². The van der Waals surface area contributed by atoms with Crippen molar-refractivity contribution in [3.05, 3.63) is 15.8 Å². The number of hydrogen-bond acceptors (Lipinski definition) is 3. The third-order valence-electron chi connectivity index (χ3n) is 0.855. The van der Waals surface area contributed by atoms with Crippen molar-refractivity contribution in [1.29, 1.82) is 0 Å². The summed E-state index contributed by atoms with van der Waals surface area (Å²) in [4.78, 5) is 4.71. The van der Waals surface area contributed by atoms with Crippen LogP contribution in [0, 0.1) is 3.57 Å². The fraction of sp³-hybridized carbons (Fsp3) is 0. The number of pyridine rings is 1. The molecular formula is C5H5IN2S. The molecule has 0 spiro atoms. The van der Waals surface area contributed by atoms with E-state index in [2.05, 4.69) is 40.2 Å². The Morgan fingerprint density at radius 1 is 1.67 bits per heavy atom. The second-order valence-electron chi connectivity index (χ2n) is 1.56. The van der Waals surface area contributed by atoms with Gasteiger partial charge in [0.25, 0.3) is 0 Å². The van der Waals surface area contributed by atoms with Crippen LogP contribution in [0.25, 0.3) is 0 Å². The molecule has 0 bridgehead atoms. The fourth-order valence-corrected chi connectivity index (χ4v) is 1.35. The Bertz CT molecular complexity index is 226. The van der Waals surface area contributed by atoms with Gasteiger partial charge in [-0.2, -0.15) is 0 Å². The number of thiol groups is 1. The van der Waals surface area contributed by atoms with E-state index in [0.29, 0.717) is 5.82 Å². The molecule has 0 aliphatic rings. The SMILES string of the molecule is Nc1ncc(S)cc1I. The summed E-state index contributed by atoms with van der Waals surface area (Å²) in [6.07, 6.45) is 1.63. The van der Waals surface area contributed by atoms with Crippen molar-refractivity contribution in [1.82, 2.24) is 4.98 Å². The van der Waals surface area contributed by atoms with Crippen molar-refractivity contribution in [2.75, 3.05) is 5.73 Å². The summed E-state index contributed by atoms with van der Waals surface area (Å²) < 4.78 is 0.945.